The lowest BCUT2D eigenvalue weighted by molar-refractivity contribution is -0.226. The van der Waals surface area contributed by atoms with E-state index in [2.05, 4.69) is 4.74 Å². The first-order valence-corrected chi connectivity index (χ1v) is 7.42. The number of aliphatic carboxylic acids is 1. The van der Waals surface area contributed by atoms with Gasteiger partial charge in [-0.2, -0.15) is 13.2 Å². The van der Waals surface area contributed by atoms with Crippen molar-refractivity contribution in [1.29, 1.82) is 0 Å². The lowest BCUT2D eigenvalue weighted by atomic mass is 9.86. The average Bonchev–Trinajstić information content (AvgIpc) is 2.82. The highest BCUT2D eigenvalue weighted by Gasteiger charge is 2.64. The molecule has 21 heavy (non-hydrogen) atoms. The van der Waals surface area contributed by atoms with Crippen molar-refractivity contribution in [3.63, 3.8) is 0 Å². The Morgan fingerprint density at radius 3 is 2.33 bits per heavy atom. The molecule has 0 amide bonds. The molecule has 1 unspecified atom stereocenters. The van der Waals surface area contributed by atoms with E-state index in [1.54, 1.807) is 0 Å². The topological polar surface area (TPSA) is 101 Å². The summed E-state index contributed by atoms with van der Waals surface area (Å²) in [5.74, 6) is -3.66. The van der Waals surface area contributed by atoms with Crippen LogP contribution >= 0.6 is 0 Å². The van der Waals surface area contributed by atoms with E-state index in [1.165, 1.54) is 0 Å². The summed E-state index contributed by atoms with van der Waals surface area (Å²) >= 11 is 0. The van der Waals surface area contributed by atoms with Gasteiger partial charge in [-0.3, -0.25) is 9.59 Å². The Balaban J connectivity index is 2.90. The third kappa shape index (κ3) is 3.46. The minimum absolute atomic E-state index is 0.456. The van der Waals surface area contributed by atoms with Gasteiger partial charge in [-0.05, 0) is 6.42 Å². The van der Waals surface area contributed by atoms with Crippen molar-refractivity contribution in [3.8, 4) is 0 Å². The van der Waals surface area contributed by atoms with Gasteiger partial charge in [0.15, 0.2) is 5.41 Å². The van der Waals surface area contributed by atoms with Gasteiger partial charge >= 0.3 is 18.1 Å². The van der Waals surface area contributed by atoms with Crippen molar-refractivity contribution in [1.82, 2.24) is 4.31 Å². The quantitative estimate of drug-likeness (QED) is 0.722. The summed E-state index contributed by atoms with van der Waals surface area (Å²) in [7, 11) is -3.12. The molecule has 1 fully saturated rings. The number of alkyl halides is 3. The number of carboxylic acid groups (broad SMARTS) is 1. The zero-order chi connectivity index (χ0) is 16.5. The standard InChI is InChI=1S/C10H14F3NO6S/c1-20-7(15)2-5-21(18,19)14-4-3-9(6-14,8(16)17)10(11,12)13/h2-6H2,1H3,(H,16,17). The highest BCUT2D eigenvalue weighted by molar-refractivity contribution is 7.89. The summed E-state index contributed by atoms with van der Waals surface area (Å²) in [6.07, 6.45) is -6.43. The maximum absolute atomic E-state index is 12.9. The second-order valence-corrected chi connectivity index (χ2v) is 6.70. The van der Waals surface area contributed by atoms with Crippen LogP contribution in [0.15, 0.2) is 0 Å². The van der Waals surface area contributed by atoms with E-state index < -0.39 is 65.2 Å². The molecule has 1 aliphatic rings. The highest BCUT2D eigenvalue weighted by Crippen LogP contribution is 2.46. The summed E-state index contributed by atoms with van der Waals surface area (Å²) in [6.45, 7) is -1.75. The summed E-state index contributed by atoms with van der Waals surface area (Å²) in [5.41, 5.74) is -3.11. The van der Waals surface area contributed by atoms with Gasteiger partial charge in [0.1, 0.15) is 0 Å². The van der Waals surface area contributed by atoms with E-state index in [-0.39, 0.29) is 0 Å². The zero-order valence-corrected chi connectivity index (χ0v) is 11.8. The number of hydrogen-bond acceptors (Lipinski definition) is 5. The van der Waals surface area contributed by atoms with E-state index in [1.807, 2.05) is 0 Å². The normalized spacial score (nSPS) is 24.0. The molecule has 1 aliphatic heterocycles. The summed E-state index contributed by atoms with van der Waals surface area (Å²) in [5, 5.41) is 8.82. The lowest BCUT2D eigenvalue weighted by Gasteiger charge is -2.27. The molecule has 122 valence electrons. The van der Waals surface area contributed by atoms with Gasteiger partial charge in [-0.15, -0.1) is 0 Å². The fraction of sp³-hybridized carbons (Fsp3) is 0.800. The molecule has 11 heteroatoms. The van der Waals surface area contributed by atoms with Crippen LogP contribution in [0.1, 0.15) is 12.8 Å². The van der Waals surface area contributed by atoms with Crippen LogP contribution in [0.4, 0.5) is 13.2 Å². The van der Waals surface area contributed by atoms with Crippen LogP contribution in [0.2, 0.25) is 0 Å². The van der Waals surface area contributed by atoms with E-state index in [4.69, 9.17) is 5.11 Å². The molecule has 7 nitrogen and oxygen atoms in total. The first-order valence-electron chi connectivity index (χ1n) is 5.81. The number of methoxy groups -OCH3 is 1. The molecule has 0 saturated carbocycles. The van der Waals surface area contributed by atoms with Gasteiger partial charge < -0.3 is 9.84 Å². The number of ether oxygens (including phenoxy) is 1. The predicted molar refractivity (Wildman–Crippen MR) is 62.7 cm³/mol. The minimum Gasteiger partial charge on any atom is -0.481 e. The van der Waals surface area contributed by atoms with Crippen LogP contribution in [0.25, 0.3) is 0 Å². The Kier molecular flexibility index (Phi) is 4.88. The van der Waals surface area contributed by atoms with E-state index in [0.29, 0.717) is 4.31 Å². The summed E-state index contributed by atoms with van der Waals surface area (Å²) in [6, 6.07) is 0. The zero-order valence-electron chi connectivity index (χ0n) is 11.0. The number of esters is 1. The monoisotopic (exact) mass is 333 g/mol. The molecule has 1 saturated heterocycles. The number of rotatable bonds is 5. The maximum Gasteiger partial charge on any atom is 0.406 e. The van der Waals surface area contributed by atoms with Crippen molar-refractivity contribution >= 4 is 22.0 Å². The SMILES string of the molecule is COC(=O)CCS(=O)(=O)N1CCC(C(=O)O)(C(F)(F)F)C1. The Hall–Kier alpha value is -1.36. The fourth-order valence-corrected chi connectivity index (χ4v) is 3.45. The number of nitrogens with zero attached hydrogens (tertiary/aromatic N) is 1. The summed E-state index contributed by atoms with van der Waals surface area (Å²) in [4.78, 5) is 21.8. The maximum atomic E-state index is 12.9. The smallest absolute Gasteiger partial charge is 0.406 e. The highest BCUT2D eigenvalue weighted by atomic mass is 32.2. The van der Waals surface area contributed by atoms with Crippen molar-refractivity contribution in [2.45, 2.75) is 19.0 Å². The molecule has 0 aliphatic carbocycles. The summed E-state index contributed by atoms with van der Waals surface area (Å²) < 4.78 is 67.2. The Bertz CT molecular complexity index is 531. The number of carboxylic acids is 1. The Morgan fingerprint density at radius 2 is 1.95 bits per heavy atom. The van der Waals surface area contributed by atoms with Gasteiger partial charge in [-0.1, -0.05) is 0 Å². The molecule has 1 atom stereocenters. The molecule has 0 aromatic rings. The number of hydrogen-bond donors (Lipinski definition) is 1. The fourth-order valence-electron chi connectivity index (χ4n) is 1.98. The van der Waals surface area contributed by atoms with Gasteiger partial charge in [0, 0.05) is 13.1 Å². The van der Waals surface area contributed by atoms with Crippen LogP contribution in [0, 0.1) is 5.41 Å². The molecule has 0 bridgehead atoms. The van der Waals surface area contributed by atoms with Crippen LogP contribution in [-0.4, -0.2) is 61.9 Å². The number of carbonyl (C=O) groups excluding carboxylic acids is 1. The molecule has 1 N–H and O–H groups in total. The lowest BCUT2D eigenvalue weighted by Crippen LogP contribution is -2.48. The third-order valence-corrected chi connectivity index (χ3v) is 5.19. The average molecular weight is 333 g/mol. The van der Waals surface area contributed by atoms with Crippen LogP contribution in [0.5, 0.6) is 0 Å². The van der Waals surface area contributed by atoms with Crippen molar-refractivity contribution in [2.24, 2.45) is 5.41 Å². The molecule has 0 aromatic heterocycles. The Labute approximate surface area is 118 Å². The minimum atomic E-state index is -5.06. The van der Waals surface area contributed by atoms with Gasteiger partial charge in [0.25, 0.3) is 0 Å². The van der Waals surface area contributed by atoms with Crippen molar-refractivity contribution in [3.05, 3.63) is 0 Å². The van der Waals surface area contributed by atoms with Crippen molar-refractivity contribution < 1.29 is 41.0 Å². The predicted octanol–water partition coefficient (Wildman–Crippen LogP) is 0.218. The van der Waals surface area contributed by atoms with E-state index in [9.17, 15) is 31.2 Å². The first-order chi connectivity index (χ1) is 9.46. The molecular weight excluding hydrogens is 319 g/mol. The van der Waals surface area contributed by atoms with Gasteiger partial charge in [0.05, 0.1) is 19.3 Å². The van der Waals surface area contributed by atoms with Gasteiger partial charge in [-0.25, -0.2) is 12.7 Å². The van der Waals surface area contributed by atoms with Crippen LogP contribution in [-0.2, 0) is 24.3 Å². The first kappa shape index (κ1) is 17.7. The largest absolute Gasteiger partial charge is 0.481 e. The van der Waals surface area contributed by atoms with Crippen molar-refractivity contribution in [2.75, 3.05) is 26.0 Å². The Morgan fingerprint density at radius 1 is 1.38 bits per heavy atom. The van der Waals surface area contributed by atoms with E-state index >= 15 is 0 Å². The molecule has 0 radical (unpaired) electrons. The molecule has 1 rings (SSSR count). The van der Waals surface area contributed by atoms with Crippen LogP contribution < -0.4 is 0 Å². The number of sulfonamides is 1. The number of halogens is 3. The molecule has 0 aromatic carbocycles. The van der Waals surface area contributed by atoms with E-state index in [0.717, 1.165) is 7.11 Å². The third-order valence-electron chi connectivity index (χ3n) is 3.37. The molecular formula is C10H14F3NO6S. The number of carbonyl (C=O) groups is 2. The second-order valence-electron chi connectivity index (χ2n) is 4.61. The molecule has 0 spiro atoms. The van der Waals surface area contributed by atoms with Gasteiger partial charge in [0.2, 0.25) is 10.0 Å². The second kappa shape index (κ2) is 5.79. The molecule has 1 heterocycles. The van der Waals surface area contributed by atoms with Crippen LogP contribution in [0.3, 0.4) is 0 Å².